The molecule has 88 valence electrons. The Balaban J connectivity index is 3.06. The number of hydrogen-bond donors (Lipinski definition) is 0. The summed E-state index contributed by atoms with van der Waals surface area (Å²) < 4.78 is 31.4. The van der Waals surface area contributed by atoms with Crippen molar-refractivity contribution in [2.24, 2.45) is 0 Å². The number of hydrogen-bond acceptors (Lipinski definition) is 2. The van der Waals surface area contributed by atoms with Crippen LogP contribution in [0.1, 0.15) is 31.1 Å². The molecule has 0 bridgehead atoms. The number of esters is 1. The molecule has 0 saturated heterocycles. The zero-order valence-electron chi connectivity index (χ0n) is 9.11. The Kier molecular flexibility index (Phi) is 3.68. The lowest BCUT2D eigenvalue weighted by molar-refractivity contribution is 0.00636. The van der Waals surface area contributed by atoms with Gasteiger partial charge in [-0.15, -0.1) is 0 Å². The molecule has 0 fully saturated rings. The van der Waals surface area contributed by atoms with Crippen molar-refractivity contribution in [1.29, 1.82) is 0 Å². The smallest absolute Gasteiger partial charge is 0.341 e. The second kappa shape index (κ2) is 4.49. The molecule has 0 aliphatic carbocycles. The van der Waals surface area contributed by atoms with Crippen molar-refractivity contribution in [1.82, 2.24) is 0 Å². The highest BCUT2D eigenvalue weighted by Crippen LogP contribution is 2.22. The van der Waals surface area contributed by atoms with E-state index in [9.17, 15) is 13.6 Å². The average Bonchev–Trinajstić information content (AvgIpc) is 2.11. The first-order valence-corrected chi connectivity index (χ1v) is 5.38. The molecule has 5 heteroatoms. The molecule has 0 aliphatic rings. The number of benzene rings is 1. The van der Waals surface area contributed by atoms with Crippen LogP contribution in [-0.2, 0) is 4.74 Å². The Morgan fingerprint density at radius 2 is 1.81 bits per heavy atom. The highest BCUT2D eigenvalue weighted by Gasteiger charge is 2.23. The van der Waals surface area contributed by atoms with Gasteiger partial charge in [0.15, 0.2) is 11.6 Å². The summed E-state index contributed by atoms with van der Waals surface area (Å²) in [6.45, 7) is 4.95. The van der Waals surface area contributed by atoms with E-state index in [0.717, 1.165) is 0 Å². The topological polar surface area (TPSA) is 26.3 Å². The second-order valence-corrected chi connectivity index (χ2v) is 5.08. The Morgan fingerprint density at radius 1 is 1.25 bits per heavy atom. The first kappa shape index (κ1) is 13.1. The summed E-state index contributed by atoms with van der Waals surface area (Å²) in [5.74, 6) is -3.18. The maximum Gasteiger partial charge on any atom is 0.341 e. The molecular formula is C11H11BrF2O2. The van der Waals surface area contributed by atoms with Gasteiger partial charge < -0.3 is 4.74 Å². The third-order valence-electron chi connectivity index (χ3n) is 1.65. The quantitative estimate of drug-likeness (QED) is 0.583. The zero-order chi connectivity index (χ0) is 12.5. The molecule has 0 spiro atoms. The molecule has 0 aliphatic heterocycles. The Hall–Kier alpha value is -0.970. The van der Waals surface area contributed by atoms with Crippen LogP contribution < -0.4 is 0 Å². The van der Waals surface area contributed by atoms with Gasteiger partial charge in [0.05, 0.1) is 10.0 Å². The number of carbonyl (C=O) groups excluding carboxylic acids is 1. The van der Waals surface area contributed by atoms with Crippen molar-refractivity contribution in [2.45, 2.75) is 26.4 Å². The van der Waals surface area contributed by atoms with E-state index < -0.39 is 28.8 Å². The summed E-state index contributed by atoms with van der Waals surface area (Å²) in [5.41, 5.74) is -1.15. The van der Waals surface area contributed by atoms with Gasteiger partial charge in [-0.1, -0.05) is 0 Å². The van der Waals surface area contributed by atoms with Gasteiger partial charge in [-0.25, -0.2) is 13.6 Å². The van der Waals surface area contributed by atoms with E-state index >= 15 is 0 Å². The van der Waals surface area contributed by atoms with Crippen molar-refractivity contribution in [3.05, 3.63) is 33.8 Å². The van der Waals surface area contributed by atoms with Gasteiger partial charge in [-0.3, -0.25) is 0 Å². The van der Waals surface area contributed by atoms with Crippen molar-refractivity contribution >= 4 is 21.9 Å². The van der Waals surface area contributed by atoms with E-state index in [1.54, 1.807) is 20.8 Å². The molecule has 0 unspecified atom stereocenters. The summed E-state index contributed by atoms with van der Waals surface area (Å²) >= 11 is 2.82. The fourth-order valence-corrected chi connectivity index (χ4v) is 1.32. The van der Waals surface area contributed by atoms with Gasteiger partial charge in [0.25, 0.3) is 0 Å². The predicted octanol–water partition coefficient (Wildman–Crippen LogP) is 3.68. The lowest BCUT2D eigenvalue weighted by Crippen LogP contribution is -2.24. The predicted molar refractivity (Wildman–Crippen MR) is 59.2 cm³/mol. The molecular weight excluding hydrogens is 282 g/mol. The van der Waals surface area contributed by atoms with Crippen molar-refractivity contribution < 1.29 is 18.3 Å². The summed E-state index contributed by atoms with van der Waals surface area (Å²) in [6, 6.07) is 2.44. The number of ether oxygens (including phenoxy) is 1. The fourth-order valence-electron chi connectivity index (χ4n) is 1.02. The van der Waals surface area contributed by atoms with E-state index in [1.807, 2.05) is 0 Å². The first-order valence-electron chi connectivity index (χ1n) is 4.59. The van der Waals surface area contributed by atoms with Crippen molar-refractivity contribution in [3.8, 4) is 0 Å². The van der Waals surface area contributed by atoms with E-state index in [0.29, 0.717) is 0 Å². The molecule has 0 N–H and O–H groups in total. The summed E-state index contributed by atoms with van der Waals surface area (Å²) in [7, 11) is 0. The molecule has 16 heavy (non-hydrogen) atoms. The Labute approximate surface area is 101 Å². The maximum atomic E-state index is 13.4. The number of halogens is 3. The van der Waals surface area contributed by atoms with Crippen LogP contribution in [0.15, 0.2) is 16.6 Å². The molecule has 0 atom stereocenters. The van der Waals surface area contributed by atoms with E-state index in [2.05, 4.69) is 15.9 Å². The molecule has 0 saturated carbocycles. The Morgan fingerprint density at radius 3 is 2.31 bits per heavy atom. The van der Waals surface area contributed by atoms with Gasteiger partial charge in [0, 0.05) is 0 Å². The van der Waals surface area contributed by atoms with Crippen molar-refractivity contribution in [2.75, 3.05) is 0 Å². The Bertz CT molecular complexity index is 425. The molecule has 0 heterocycles. The van der Waals surface area contributed by atoms with Crippen LogP contribution in [0.5, 0.6) is 0 Å². The second-order valence-electron chi connectivity index (χ2n) is 4.22. The summed E-state index contributed by atoms with van der Waals surface area (Å²) in [6.07, 6.45) is 0. The van der Waals surface area contributed by atoms with Crippen LogP contribution in [0.3, 0.4) is 0 Å². The normalized spacial score (nSPS) is 11.4. The molecule has 1 rings (SSSR count). The third kappa shape index (κ3) is 3.01. The molecule has 2 nitrogen and oxygen atoms in total. The fraction of sp³-hybridized carbons (Fsp3) is 0.364. The molecule has 1 aromatic carbocycles. The average molecular weight is 293 g/mol. The summed E-state index contributed by atoms with van der Waals surface area (Å²) in [5, 5.41) is 0. The SMILES string of the molecule is CC(C)(C)OC(=O)c1ccc(Br)c(F)c1F. The van der Waals surface area contributed by atoms with Crippen LogP contribution in [-0.4, -0.2) is 11.6 Å². The van der Waals surface area contributed by atoms with E-state index in [1.165, 1.54) is 12.1 Å². The van der Waals surface area contributed by atoms with Gasteiger partial charge in [-0.2, -0.15) is 0 Å². The van der Waals surface area contributed by atoms with Crippen molar-refractivity contribution in [3.63, 3.8) is 0 Å². The van der Waals surface area contributed by atoms with Gasteiger partial charge in [0.1, 0.15) is 5.60 Å². The minimum Gasteiger partial charge on any atom is -0.456 e. The van der Waals surface area contributed by atoms with Crippen LogP contribution >= 0.6 is 15.9 Å². The number of rotatable bonds is 1. The highest BCUT2D eigenvalue weighted by molar-refractivity contribution is 9.10. The maximum absolute atomic E-state index is 13.4. The largest absolute Gasteiger partial charge is 0.456 e. The van der Waals surface area contributed by atoms with E-state index in [4.69, 9.17) is 4.74 Å². The third-order valence-corrected chi connectivity index (χ3v) is 2.27. The van der Waals surface area contributed by atoms with Gasteiger partial charge in [0.2, 0.25) is 0 Å². The standard InChI is InChI=1S/C11H11BrF2O2/c1-11(2,3)16-10(15)6-4-5-7(12)9(14)8(6)13/h4-5H,1-3H3. The lowest BCUT2D eigenvalue weighted by Gasteiger charge is -2.19. The highest BCUT2D eigenvalue weighted by atomic mass is 79.9. The minimum atomic E-state index is -1.20. The first-order chi connectivity index (χ1) is 7.22. The van der Waals surface area contributed by atoms with Gasteiger partial charge >= 0.3 is 5.97 Å². The monoisotopic (exact) mass is 292 g/mol. The zero-order valence-corrected chi connectivity index (χ0v) is 10.7. The van der Waals surface area contributed by atoms with Crippen LogP contribution in [0, 0.1) is 11.6 Å². The lowest BCUT2D eigenvalue weighted by atomic mass is 10.1. The van der Waals surface area contributed by atoms with Crippen LogP contribution in [0.25, 0.3) is 0 Å². The molecule has 0 radical (unpaired) electrons. The molecule has 0 aromatic heterocycles. The molecule has 0 amide bonds. The van der Waals surface area contributed by atoms with Crippen LogP contribution in [0.2, 0.25) is 0 Å². The van der Waals surface area contributed by atoms with Gasteiger partial charge in [-0.05, 0) is 48.8 Å². The number of carbonyl (C=O) groups is 1. The van der Waals surface area contributed by atoms with Crippen LogP contribution in [0.4, 0.5) is 8.78 Å². The minimum absolute atomic E-state index is 0.0303. The summed E-state index contributed by atoms with van der Waals surface area (Å²) in [4.78, 5) is 11.5. The molecule has 1 aromatic rings. The van der Waals surface area contributed by atoms with E-state index in [-0.39, 0.29) is 4.47 Å².